The van der Waals surface area contributed by atoms with Gasteiger partial charge in [-0.05, 0) is 24.6 Å². The summed E-state index contributed by atoms with van der Waals surface area (Å²) in [5.41, 5.74) is 6.01. The number of carbonyl (C=O) groups is 1. The first kappa shape index (κ1) is 17.4. The van der Waals surface area contributed by atoms with Gasteiger partial charge in [0.2, 0.25) is 5.75 Å². The Morgan fingerprint density at radius 2 is 2.14 bits per heavy atom. The van der Waals surface area contributed by atoms with Crippen LogP contribution in [0.4, 0.5) is 0 Å². The Bertz CT molecular complexity index is 479. The van der Waals surface area contributed by atoms with Gasteiger partial charge in [-0.2, -0.15) is 0 Å². The summed E-state index contributed by atoms with van der Waals surface area (Å²) in [6.07, 6.45) is 0. The summed E-state index contributed by atoms with van der Waals surface area (Å²) in [4.78, 5) is 12.1. The molecule has 7 heteroatoms. The van der Waals surface area contributed by atoms with Crippen LogP contribution in [0.25, 0.3) is 0 Å². The normalized spacial score (nSPS) is 13.9. The number of carbonyl (C=O) groups excluding carboxylic acids is 1. The molecule has 3 N–H and O–H groups in total. The molecule has 0 aromatic heterocycles. The highest BCUT2D eigenvalue weighted by atomic mass is 35.5. The van der Waals surface area contributed by atoms with Crippen molar-refractivity contribution < 1.29 is 19.0 Å². The smallest absolute Gasteiger partial charge is 0.251 e. The topological polar surface area (TPSA) is 82.8 Å². The summed E-state index contributed by atoms with van der Waals surface area (Å²) in [6.45, 7) is 3.98. The molecular weight excluding hydrogens is 296 g/mol. The Hall–Kier alpha value is -1.66. The number of methoxy groups -OCH3 is 1. The molecule has 1 unspecified atom stereocenters. The lowest BCUT2D eigenvalue weighted by Crippen LogP contribution is -2.31. The van der Waals surface area contributed by atoms with Crippen molar-refractivity contribution in [3.8, 4) is 17.2 Å². The van der Waals surface area contributed by atoms with Crippen molar-refractivity contribution in [2.75, 3.05) is 33.4 Å². The molecule has 1 aromatic carbocycles. The van der Waals surface area contributed by atoms with E-state index in [4.69, 9.17) is 19.9 Å². The van der Waals surface area contributed by atoms with E-state index in [0.29, 0.717) is 49.1 Å². The molecule has 21 heavy (non-hydrogen) atoms. The van der Waals surface area contributed by atoms with Gasteiger partial charge in [0.1, 0.15) is 13.2 Å². The highest BCUT2D eigenvalue weighted by molar-refractivity contribution is 5.95. The van der Waals surface area contributed by atoms with Crippen molar-refractivity contribution in [3.05, 3.63) is 17.7 Å². The maximum absolute atomic E-state index is 12.1. The predicted molar refractivity (Wildman–Crippen MR) is 81.8 cm³/mol. The highest BCUT2D eigenvalue weighted by Crippen LogP contribution is 2.40. The minimum atomic E-state index is -0.180. The SMILES string of the molecule is COc1cc(C(=O)NCC(C)CN)cc2c1OCCO2.Cl. The van der Waals surface area contributed by atoms with Gasteiger partial charge >= 0.3 is 0 Å². The molecule has 0 saturated carbocycles. The molecule has 2 rings (SSSR count). The first-order valence-electron chi connectivity index (χ1n) is 6.61. The number of hydrogen-bond acceptors (Lipinski definition) is 5. The maximum atomic E-state index is 12.1. The number of rotatable bonds is 5. The van der Waals surface area contributed by atoms with Gasteiger partial charge in [0.05, 0.1) is 7.11 Å². The molecule has 1 atom stereocenters. The molecule has 1 aromatic rings. The van der Waals surface area contributed by atoms with Crippen LogP contribution in [0, 0.1) is 5.92 Å². The van der Waals surface area contributed by atoms with Crippen LogP contribution in [0.15, 0.2) is 12.1 Å². The van der Waals surface area contributed by atoms with E-state index in [-0.39, 0.29) is 24.2 Å². The number of amides is 1. The fourth-order valence-electron chi connectivity index (χ4n) is 1.86. The van der Waals surface area contributed by atoms with Crippen molar-refractivity contribution in [2.24, 2.45) is 11.7 Å². The molecule has 1 heterocycles. The maximum Gasteiger partial charge on any atom is 0.251 e. The van der Waals surface area contributed by atoms with E-state index in [1.165, 1.54) is 7.11 Å². The van der Waals surface area contributed by atoms with Gasteiger partial charge in [-0.25, -0.2) is 0 Å². The average molecular weight is 317 g/mol. The number of ether oxygens (including phenoxy) is 3. The van der Waals surface area contributed by atoms with Gasteiger partial charge in [0.25, 0.3) is 5.91 Å². The predicted octanol–water partition coefficient (Wildman–Crippen LogP) is 1.21. The van der Waals surface area contributed by atoms with Crippen LogP contribution < -0.4 is 25.3 Å². The summed E-state index contributed by atoms with van der Waals surface area (Å²) in [5.74, 6) is 1.64. The number of hydrogen-bond donors (Lipinski definition) is 2. The Kier molecular flexibility index (Phi) is 6.58. The molecule has 6 nitrogen and oxygen atoms in total. The number of fused-ring (bicyclic) bond motifs is 1. The molecule has 1 aliphatic heterocycles. The van der Waals surface area contributed by atoms with Crippen LogP contribution in [0.5, 0.6) is 17.2 Å². The van der Waals surface area contributed by atoms with Crippen LogP contribution in [0.3, 0.4) is 0 Å². The summed E-state index contributed by atoms with van der Waals surface area (Å²) < 4.78 is 16.2. The van der Waals surface area contributed by atoms with Crippen LogP contribution in [0.2, 0.25) is 0 Å². The molecule has 0 bridgehead atoms. The van der Waals surface area contributed by atoms with E-state index < -0.39 is 0 Å². The Morgan fingerprint density at radius 3 is 2.81 bits per heavy atom. The number of halogens is 1. The lowest BCUT2D eigenvalue weighted by atomic mass is 10.1. The standard InChI is InChI=1S/C14H20N2O4.ClH/c1-9(7-15)8-16-14(17)10-5-11(18-2)13-12(6-10)19-3-4-20-13;/h5-6,9H,3-4,7-8,15H2,1-2H3,(H,16,17);1H. The Labute approximate surface area is 130 Å². The van der Waals surface area contributed by atoms with Crippen molar-refractivity contribution in [3.63, 3.8) is 0 Å². The lowest BCUT2D eigenvalue weighted by Gasteiger charge is -2.21. The fraction of sp³-hybridized carbons (Fsp3) is 0.500. The van der Waals surface area contributed by atoms with Gasteiger partial charge < -0.3 is 25.3 Å². The molecule has 1 aliphatic rings. The van der Waals surface area contributed by atoms with Crippen LogP contribution >= 0.6 is 12.4 Å². The number of benzene rings is 1. The zero-order valence-corrected chi connectivity index (χ0v) is 13.0. The van der Waals surface area contributed by atoms with E-state index >= 15 is 0 Å². The minimum Gasteiger partial charge on any atom is -0.493 e. The zero-order chi connectivity index (χ0) is 14.5. The van der Waals surface area contributed by atoms with Crippen molar-refractivity contribution in [1.29, 1.82) is 0 Å². The monoisotopic (exact) mass is 316 g/mol. The first-order chi connectivity index (χ1) is 9.65. The van der Waals surface area contributed by atoms with Gasteiger partial charge in [-0.1, -0.05) is 6.92 Å². The third kappa shape index (κ3) is 4.15. The second kappa shape index (κ2) is 7.95. The first-order valence-corrected chi connectivity index (χ1v) is 6.61. The largest absolute Gasteiger partial charge is 0.493 e. The summed E-state index contributed by atoms with van der Waals surface area (Å²) in [7, 11) is 1.53. The Morgan fingerprint density at radius 1 is 1.43 bits per heavy atom. The number of nitrogens with one attached hydrogen (secondary N) is 1. The quantitative estimate of drug-likeness (QED) is 0.853. The van der Waals surface area contributed by atoms with Crippen LogP contribution in [-0.4, -0.2) is 39.3 Å². The third-order valence-electron chi connectivity index (χ3n) is 3.10. The zero-order valence-electron chi connectivity index (χ0n) is 12.2. The minimum absolute atomic E-state index is 0. The van der Waals surface area contributed by atoms with Gasteiger partial charge in [-0.3, -0.25) is 4.79 Å². The van der Waals surface area contributed by atoms with E-state index in [1.807, 2.05) is 6.92 Å². The van der Waals surface area contributed by atoms with Gasteiger partial charge in [0, 0.05) is 12.1 Å². The molecule has 0 fully saturated rings. The van der Waals surface area contributed by atoms with E-state index in [9.17, 15) is 4.79 Å². The molecule has 1 amide bonds. The molecular formula is C14H21ClN2O4. The van der Waals surface area contributed by atoms with Gasteiger partial charge in [-0.15, -0.1) is 12.4 Å². The highest BCUT2D eigenvalue weighted by Gasteiger charge is 2.20. The fourth-order valence-corrected chi connectivity index (χ4v) is 1.86. The number of nitrogens with two attached hydrogens (primary N) is 1. The molecule has 0 aliphatic carbocycles. The lowest BCUT2D eigenvalue weighted by molar-refractivity contribution is 0.0946. The average Bonchev–Trinajstić information content (AvgIpc) is 2.50. The summed E-state index contributed by atoms with van der Waals surface area (Å²) in [6, 6.07) is 3.31. The van der Waals surface area contributed by atoms with Crippen molar-refractivity contribution >= 4 is 18.3 Å². The van der Waals surface area contributed by atoms with E-state index in [2.05, 4.69) is 5.32 Å². The third-order valence-corrected chi connectivity index (χ3v) is 3.10. The van der Waals surface area contributed by atoms with Crippen LogP contribution in [0.1, 0.15) is 17.3 Å². The molecule has 0 spiro atoms. The van der Waals surface area contributed by atoms with E-state index in [1.54, 1.807) is 12.1 Å². The molecule has 118 valence electrons. The summed E-state index contributed by atoms with van der Waals surface area (Å²) in [5, 5.41) is 2.84. The van der Waals surface area contributed by atoms with Crippen molar-refractivity contribution in [2.45, 2.75) is 6.92 Å². The molecule has 0 saturated heterocycles. The second-order valence-corrected chi connectivity index (χ2v) is 4.75. The van der Waals surface area contributed by atoms with Crippen molar-refractivity contribution in [1.82, 2.24) is 5.32 Å². The summed E-state index contributed by atoms with van der Waals surface area (Å²) >= 11 is 0. The Balaban J connectivity index is 0.00000220. The second-order valence-electron chi connectivity index (χ2n) is 4.75. The van der Waals surface area contributed by atoms with Crippen LogP contribution in [-0.2, 0) is 0 Å². The van der Waals surface area contributed by atoms with E-state index in [0.717, 1.165) is 0 Å². The van der Waals surface area contributed by atoms with Gasteiger partial charge in [0.15, 0.2) is 11.5 Å². The molecule has 0 radical (unpaired) electrons.